The number of ether oxygens (including phenoxy) is 1. The van der Waals surface area contributed by atoms with E-state index >= 15 is 0 Å². The SMILES string of the molecule is CC1CC(C)(C)CC2(C1)NC(=O)N(CC(O)COCc1ccccc1)C2=O. The minimum absolute atomic E-state index is 0.00593. The minimum Gasteiger partial charge on any atom is -0.389 e. The summed E-state index contributed by atoms with van der Waals surface area (Å²) in [6, 6.07) is 9.26. The van der Waals surface area contributed by atoms with Crippen molar-refractivity contribution in [3.63, 3.8) is 0 Å². The van der Waals surface area contributed by atoms with E-state index in [1.54, 1.807) is 0 Å². The first-order valence-corrected chi connectivity index (χ1v) is 9.65. The van der Waals surface area contributed by atoms with Gasteiger partial charge in [-0.3, -0.25) is 9.69 Å². The monoisotopic (exact) mass is 374 g/mol. The number of benzene rings is 1. The number of nitrogens with zero attached hydrogens (tertiary/aromatic N) is 1. The van der Waals surface area contributed by atoms with Crippen molar-refractivity contribution in [2.75, 3.05) is 13.2 Å². The molecule has 1 saturated heterocycles. The summed E-state index contributed by atoms with van der Waals surface area (Å²) in [4.78, 5) is 26.7. The molecule has 0 radical (unpaired) electrons. The third-order valence-corrected chi connectivity index (χ3v) is 5.44. The van der Waals surface area contributed by atoms with Crippen molar-refractivity contribution in [1.29, 1.82) is 0 Å². The normalized spacial score (nSPS) is 28.4. The molecule has 1 saturated carbocycles. The van der Waals surface area contributed by atoms with Crippen LogP contribution in [0.1, 0.15) is 45.6 Å². The van der Waals surface area contributed by atoms with Gasteiger partial charge < -0.3 is 15.2 Å². The maximum absolute atomic E-state index is 13.0. The fourth-order valence-electron chi connectivity index (χ4n) is 4.82. The van der Waals surface area contributed by atoms with Crippen LogP contribution in [0.5, 0.6) is 0 Å². The topological polar surface area (TPSA) is 78.9 Å². The highest BCUT2D eigenvalue weighted by Crippen LogP contribution is 2.46. The van der Waals surface area contributed by atoms with Gasteiger partial charge in [-0.2, -0.15) is 0 Å². The van der Waals surface area contributed by atoms with E-state index in [1.165, 1.54) is 0 Å². The van der Waals surface area contributed by atoms with Crippen LogP contribution in [0.25, 0.3) is 0 Å². The molecule has 1 spiro atoms. The maximum atomic E-state index is 13.0. The first-order chi connectivity index (χ1) is 12.7. The lowest BCUT2D eigenvalue weighted by Crippen LogP contribution is -2.54. The van der Waals surface area contributed by atoms with Crippen molar-refractivity contribution in [1.82, 2.24) is 10.2 Å². The summed E-state index contributed by atoms with van der Waals surface area (Å²) in [5.41, 5.74) is 0.175. The Hall–Kier alpha value is -1.92. The first-order valence-electron chi connectivity index (χ1n) is 9.65. The lowest BCUT2D eigenvalue weighted by Gasteiger charge is -2.43. The number of imide groups is 1. The van der Waals surface area contributed by atoms with Crippen LogP contribution in [0.3, 0.4) is 0 Å². The summed E-state index contributed by atoms with van der Waals surface area (Å²) in [7, 11) is 0. The number of urea groups is 1. The number of rotatable bonds is 6. The first kappa shape index (κ1) is 19.8. The van der Waals surface area contributed by atoms with Crippen molar-refractivity contribution in [3.8, 4) is 0 Å². The average Bonchev–Trinajstić information content (AvgIpc) is 2.77. The van der Waals surface area contributed by atoms with Crippen molar-refractivity contribution in [2.45, 2.75) is 58.3 Å². The molecule has 1 aromatic rings. The maximum Gasteiger partial charge on any atom is 0.325 e. The smallest absolute Gasteiger partial charge is 0.325 e. The Morgan fingerprint density at radius 1 is 1.26 bits per heavy atom. The molecule has 1 heterocycles. The van der Waals surface area contributed by atoms with Gasteiger partial charge >= 0.3 is 6.03 Å². The summed E-state index contributed by atoms with van der Waals surface area (Å²) in [6.45, 7) is 6.80. The van der Waals surface area contributed by atoms with E-state index in [4.69, 9.17) is 4.74 Å². The van der Waals surface area contributed by atoms with Crippen molar-refractivity contribution in [2.24, 2.45) is 11.3 Å². The van der Waals surface area contributed by atoms with Gasteiger partial charge in [0.05, 0.1) is 25.9 Å². The molecule has 2 fully saturated rings. The van der Waals surface area contributed by atoms with Gasteiger partial charge in [0.1, 0.15) is 5.54 Å². The molecular formula is C21H30N2O4. The second-order valence-electron chi connectivity index (χ2n) is 8.94. The highest BCUT2D eigenvalue weighted by atomic mass is 16.5. The van der Waals surface area contributed by atoms with Crippen LogP contribution >= 0.6 is 0 Å². The molecule has 148 valence electrons. The third-order valence-electron chi connectivity index (χ3n) is 5.44. The van der Waals surface area contributed by atoms with Gasteiger partial charge in [-0.05, 0) is 36.2 Å². The molecule has 3 rings (SSSR count). The van der Waals surface area contributed by atoms with Crippen molar-refractivity contribution >= 4 is 11.9 Å². The van der Waals surface area contributed by atoms with E-state index < -0.39 is 17.7 Å². The third kappa shape index (κ3) is 4.50. The highest BCUT2D eigenvalue weighted by Gasteiger charge is 2.56. The average molecular weight is 374 g/mol. The molecular weight excluding hydrogens is 344 g/mol. The van der Waals surface area contributed by atoms with Gasteiger partial charge in [0.25, 0.3) is 5.91 Å². The van der Waals surface area contributed by atoms with Gasteiger partial charge in [-0.15, -0.1) is 0 Å². The summed E-state index contributed by atoms with van der Waals surface area (Å²) >= 11 is 0. The predicted molar refractivity (Wildman–Crippen MR) is 102 cm³/mol. The molecule has 0 bridgehead atoms. The fraction of sp³-hybridized carbons (Fsp3) is 0.619. The molecule has 6 nitrogen and oxygen atoms in total. The molecule has 0 aromatic heterocycles. The Kier molecular flexibility index (Phi) is 5.58. The summed E-state index contributed by atoms with van der Waals surface area (Å²) < 4.78 is 5.53. The lowest BCUT2D eigenvalue weighted by molar-refractivity contribution is -0.136. The van der Waals surface area contributed by atoms with Crippen molar-refractivity contribution in [3.05, 3.63) is 35.9 Å². The van der Waals surface area contributed by atoms with E-state index in [9.17, 15) is 14.7 Å². The lowest BCUT2D eigenvalue weighted by atomic mass is 9.64. The number of hydrogen-bond acceptors (Lipinski definition) is 4. The molecule has 2 N–H and O–H groups in total. The number of carbonyl (C=O) groups excluding carboxylic acids is 2. The number of aliphatic hydroxyl groups excluding tert-OH is 1. The number of aliphatic hydroxyl groups is 1. The molecule has 1 aromatic carbocycles. The summed E-state index contributed by atoms with van der Waals surface area (Å²) in [6.07, 6.45) is 1.41. The van der Waals surface area contributed by atoms with Gasteiger partial charge in [-0.1, -0.05) is 51.1 Å². The number of carbonyl (C=O) groups is 2. The highest BCUT2D eigenvalue weighted by molar-refractivity contribution is 6.07. The zero-order chi connectivity index (χ0) is 19.7. The van der Waals surface area contributed by atoms with Crippen LogP contribution in [-0.4, -0.2) is 46.7 Å². The van der Waals surface area contributed by atoms with E-state index in [1.807, 2.05) is 30.3 Å². The molecule has 3 unspecified atom stereocenters. The zero-order valence-electron chi connectivity index (χ0n) is 16.4. The van der Waals surface area contributed by atoms with Crippen molar-refractivity contribution < 1.29 is 19.4 Å². The number of β-amino-alcohol motifs (C(OH)–C–C–N with tert-alkyl or cyclic N) is 1. The second kappa shape index (κ2) is 7.60. The number of nitrogens with one attached hydrogen (secondary N) is 1. The molecule has 3 atom stereocenters. The van der Waals surface area contributed by atoms with Crippen LogP contribution in [0.15, 0.2) is 30.3 Å². The quantitative estimate of drug-likeness (QED) is 0.751. The molecule has 27 heavy (non-hydrogen) atoms. The summed E-state index contributed by atoms with van der Waals surface area (Å²) in [5, 5.41) is 13.2. The number of amides is 3. The van der Waals surface area contributed by atoms with Gasteiger partial charge in [-0.25, -0.2) is 4.79 Å². The number of hydrogen-bond donors (Lipinski definition) is 2. The largest absolute Gasteiger partial charge is 0.389 e. The molecule has 2 aliphatic rings. The predicted octanol–water partition coefficient (Wildman–Crippen LogP) is 2.70. The van der Waals surface area contributed by atoms with E-state index in [0.29, 0.717) is 25.4 Å². The van der Waals surface area contributed by atoms with Gasteiger partial charge in [0.2, 0.25) is 0 Å². The standard InChI is InChI=1S/C21H30N2O4/c1-15-9-20(2,3)14-21(10-15)18(25)23(19(26)22-21)11-17(24)13-27-12-16-7-5-4-6-8-16/h4-8,15,17,24H,9-14H2,1-3H3,(H,22,26). The van der Waals surface area contributed by atoms with Crippen LogP contribution in [0.4, 0.5) is 4.79 Å². The Bertz CT molecular complexity index is 691. The Labute approximate surface area is 160 Å². The molecule has 1 aliphatic carbocycles. The van der Waals surface area contributed by atoms with Gasteiger partial charge in [0, 0.05) is 0 Å². The Morgan fingerprint density at radius 2 is 1.96 bits per heavy atom. The Balaban J connectivity index is 1.57. The van der Waals surface area contributed by atoms with E-state index in [2.05, 4.69) is 26.1 Å². The van der Waals surface area contributed by atoms with Crippen LogP contribution in [-0.2, 0) is 16.1 Å². The van der Waals surface area contributed by atoms with E-state index in [-0.39, 0.29) is 24.5 Å². The van der Waals surface area contributed by atoms with Crippen LogP contribution < -0.4 is 5.32 Å². The summed E-state index contributed by atoms with van der Waals surface area (Å²) in [5.74, 6) is 0.145. The minimum atomic E-state index is -0.910. The van der Waals surface area contributed by atoms with Gasteiger partial charge in [0.15, 0.2) is 0 Å². The molecule has 6 heteroatoms. The van der Waals surface area contributed by atoms with E-state index in [0.717, 1.165) is 16.9 Å². The molecule has 3 amide bonds. The zero-order valence-corrected chi connectivity index (χ0v) is 16.4. The molecule has 1 aliphatic heterocycles. The second-order valence-corrected chi connectivity index (χ2v) is 8.94. The van der Waals surface area contributed by atoms with Crippen LogP contribution in [0.2, 0.25) is 0 Å². The Morgan fingerprint density at radius 3 is 2.63 bits per heavy atom. The van der Waals surface area contributed by atoms with Crippen LogP contribution in [0, 0.1) is 11.3 Å². The fourth-order valence-corrected chi connectivity index (χ4v) is 4.82.